The van der Waals surface area contributed by atoms with Gasteiger partial charge >= 0.3 is 0 Å². The zero-order valence-electron chi connectivity index (χ0n) is 12.8. The maximum absolute atomic E-state index is 12.9. The maximum atomic E-state index is 12.9. The minimum atomic E-state index is -0.128. The molecule has 0 saturated carbocycles. The molecule has 0 bridgehead atoms. The third-order valence-electron chi connectivity index (χ3n) is 4.03. The lowest BCUT2D eigenvalue weighted by Gasteiger charge is -2.34. The second-order valence-corrected chi connectivity index (χ2v) is 6.39. The molecule has 23 heavy (non-hydrogen) atoms. The van der Waals surface area contributed by atoms with Gasteiger partial charge in [-0.15, -0.1) is 0 Å². The van der Waals surface area contributed by atoms with E-state index in [1.165, 1.54) is 6.92 Å². The number of pyridine rings is 1. The number of carbonyl (C=O) groups is 2. The van der Waals surface area contributed by atoms with Gasteiger partial charge in [-0.1, -0.05) is 23.2 Å². The number of aromatic nitrogens is 2. The number of fused-ring (bicyclic) bond motifs is 1. The third kappa shape index (κ3) is 2.88. The third-order valence-corrected chi connectivity index (χ3v) is 4.52. The number of rotatable bonds is 1. The molecule has 0 N–H and O–H groups in total. The predicted octanol–water partition coefficient (Wildman–Crippen LogP) is 2.25. The molecule has 0 spiro atoms. The lowest BCUT2D eigenvalue weighted by Crippen LogP contribution is -2.50. The van der Waals surface area contributed by atoms with Crippen LogP contribution < -0.4 is 0 Å². The highest BCUT2D eigenvalue weighted by Gasteiger charge is 2.27. The number of carbonyl (C=O) groups excluding carboxylic acids is 2. The second-order valence-electron chi connectivity index (χ2n) is 5.54. The Bertz CT molecular complexity index is 794. The number of piperazine rings is 1. The molecule has 0 unspecified atom stereocenters. The molecule has 6 nitrogen and oxygen atoms in total. The quantitative estimate of drug-likeness (QED) is 0.789. The van der Waals surface area contributed by atoms with E-state index in [0.717, 1.165) is 0 Å². The Hall–Kier alpha value is -1.79. The highest BCUT2D eigenvalue weighted by molar-refractivity contribution is 6.36. The van der Waals surface area contributed by atoms with E-state index >= 15 is 0 Å². The number of amides is 2. The minimum absolute atomic E-state index is 0.0293. The first kappa shape index (κ1) is 16.1. The molecule has 2 aromatic heterocycles. The molecule has 0 atom stereocenters. The normalized spacial score (nSPS) is 15.3. The molecule has 1 saturated heterocycles. The van der Waals surface area contributed by atoms with Gasteiger partial charge in [0.2, 0.25) is 5.91 Å². The van der Waals surface area contributed by atoms with Gasteiger partial charge in [0.15, 0.2) is 5.65 Å². The molecule has 0 radical (unpaired) electrons. The van der Waals surface area contributed by atoms with Crippen LogP contribution in [0.2, 0.25) is 10.0 Å². The van der Waals surface area contributed by atoms with Crippen molar-refractivity contribution in [2.75, 3.05) is 26.2 Å². The molecular formula is C15H16Cl2N4O2. The fourth-order valence-electron chi connectivity index (χ4n) is 2.82. The van der Waals surface area contributed by atoms with Gasteiger partial charge in [0.25, 0.3) is 5.91 Å². The molecule has 0 aliphatic carbocycles. The van der Waals surface area contributed by atoms with E-state index in [1.807, 2.05) is 0 Å². The number of nitrogens with zero attached hydrogens (tertiary/aromatic N) is 4. The van der Waals surface area contributed by atoms with Crippen LogP contribution in [0.3, 0.4) is 0 Å². The van der Waals surface area contributed by atoms with Crippen LogP contribution in [0.1, 0.15) is 23.1 Å². The summed E-state index contributed by atoms with van der Waals surface area (Å²) in [5.41, 5.74) is 1.58. The van der Waals surface area contributed by atoms with Crippen molar-refractivity contribution < 1.29 is 9.59 Å². The van der Waals surface area contributed by atoms with E-state index < -0.39 is 0 Å². The standard InChI is InChI=1S/C15H16Cl2N4O2/c1-9-13(21-8-11(16)7-12(17)14(21)18-9)15(23)20-5-3-19(4-6-20)10(2)22/h7-8H,3-6H2,1-2H3. The van der Waals surface area contributed by atoms with Crippen LogP contribution in [0.25, 0.3) is 5.65 Å². The van der Waals surface area contributed by atoms with Gasteiger partial charge in [-0.2, -0.15) is 0 Å². The van der Waals surface area contributed by atoms with Crippen LogP contribution in [0.15, 0.2) is 12.3 Å². The van der Waals surface area contributed by atoms with Crippen molar-refractivity contribution in [3.8, 4) is 0 Å². The summed E-state index contributed by atoms with van der Waals surface area (Å²) in [6.07, 6.45) is 1.64. The Balaban J connectivity index is 1.93. The Labute approximate surface area is 143 Å². The van der Waals surface area contributed by atoms with Gasteiger partial charge in [-0.05, 0) is 13.0 Å². The van der Waals surface area contributed by atoms with Crippen LogP contribution >= 0.6 is 23.2 Å². The number of imidazole rings is 1. The fourth-order valence-corrected chi connectivity index (χ4v) is 3.33. The average molecular weight is 355 g/mol. The van der Waals surface area contributed by atoms with E-state index in [2.05, 4.69) is 4.98 Å². The summed E-state index contributed by atoms with van der Waals surface area (Å²) in [5.74, 6) is -0.0989. The Morgan fingerprint density at radius 1 is 1.13 bits per heavy atom. The topological polar surface area (TPSA) is 57.9 Å². The molecule has 8 heteroatoms. The number of aryl methyl sites for hydroxylation is 1. The van der Waals surface area contributed by atoms with Crippen LogP contribution in [0.5, 0.6) is 0 Å². The summed E-state index contributed by atoms with van der Waals surface area (Å²) in [4.78, 5) is 32.1. The summed E-state index contributed by atoms with van der Waals surface area (Å²) in [5, 5.41) is 0.844. The smallest absolute Gasteiger partial charge is 0.272 e. The summed E-state index contributed by atoms with van der Waals surface area (Å²) < 4.78 is 1.64. The monoisotopic (exact) mass is 354 g/mol. The van der Waals surface area contributed by atoms with Gasteiger partial charge in [0.05, 0.1) is 15.7 Å². The molecule has 122 valence electrons. The van der Waals surface area contributed by atoms with Gasteiger partial charge in [-0.3, -0.25) is 14.0 Å². The van der Waals surface area contributed by atoms with E-state index in [9.17, 15) is 9.59 Å². The molecule has 1 fully saturated rings. The fraction of sp³-hybridized carbons (Fsp3) is 0.400. The van der Waals surface area contributed by atoms with Crippen molar-refractivity contribution in [1.29, 1.82) is 0 Å². The molecule has 2 aromatic rings. The Kier molecular flexibility index (Phi) is 4.21. The molecule has 0 aromatic carbocycles. The van der Waals surface area contributed by atoms with Gasteiger partial charge < -0.3 is 9.80 Å². The highest BCUT2D eigenvalue weighted by atomic mass is 35.5. The molecule has 2 amide bonds. The predicted molar refractivity (Wildman–Crippen MR) is 88.1 cm³/mol. The van der Waals surface area contributed by atoms with Crippen LogP contribution in [0, 0.1) is 6.92 Å². The lowest BCUT2D eigenvalue weighted by molar-refractivity contribution is -0.130. The first-order valence-electron chi connectivity index (χ1n) is 7.27. The van der Waals surface area contributed by atoms with Crippen molar-refractivity contribution in [2.24, 2.45) is 0 Å². The van der Waals surface area contributed by atoms with Crippen LogP contribution in [-0.4, -0.2) is 57.2 Å². The van der Waals surface area contributed by atoms with Crippen molar-refractivity contribution in [3.63, 3.8) is 0 Å². The summed E-state index contributed by atoms with van der Waals surface area (Å²) in [6, 6.07) is 1.60. The van der Waals surface area contributed by atoms with E-state index in [-0.39, 0.29) is 11.8 Å². The average Bonchev–Trinajstić information content (AvgIpc) is 2.83. The van der Waals surface area contributed by atoms with Gasteiger partial charge in [-0.25, -0.2) is 4.98 Å². The van der Waals surface area contributed by atoms with Crippen molar-refractivity contribution in [1.82, 2.24) is 19.2 Å². The molecule has 3 heterocycles. The van der Waals surface area contributed by atoms with Gasteiger partial charge in [0, 0.05) is 39.3 Å². The van der Waals surface area contributed by atoms with Crippen LogP contribution in [-0.2, 0) is 4.79 Å². The zero-order valence-corrected chi connectivity index (χ0v) is 14.4. The summed E-state index contributed by atoms with van der Waals surface area (Å²) in [7, 11) is 0. The first-order chi connectivity index (χ1) is 10.9. The summed E-state index contributed by atoms with van der Waals surface area (Å²) in [6.45, 7) is 5.39. The highest BCUT2D eigenvalue weighted by Crippen LogP contribution is 2.25. The van der Waals surface area contributed by atoms with Crippen molar-refractivity contribution in [2.45, 2.75) is 13.8 Å². The minimum Gasteiger partial charge on any atom is -0.339 e. The maximum Gasteiger partial charge on any atom is 0.272 e. The lowest BCUT2D eigenvalue weighted by atomic mass is 10.2. The molecule has 1 aliphatic rings. The van der Waals surface area contributed by atoms with E-state index in [1.54, 1.807) is 33.4 Å². The molecule has 1 aliphatic heterocycles. The second kappa shape index (κ2) is 6.02. The Morgan fingerprint density at radius 2 is 1.74 bits per heavy atom. The van der Waals surface area contributed by atoms with E-state index in [0.29, 0.717) is 53.3 Å². The van der Waals surface area contributed by atoms with Crippen molar-refractivity contribution in [3.05, 3.63) is 33.7 Å². The first-order valence-corrected chi connectivity index (χ1v) is 8.02. The molecular weight excluding hydrogens is 339 g/mol. The largest absolute Gasteiger partial charge is 0.339 e. The molecule has 3 rings (SSSR count). The van der Waals surface area contributed by atoms with E-state index in [4.69, 9.17) is 23.2 Å². The van der Waals surface area contributed by atoms with Gasteiger partial charge in [0.1, 0.15) is 5.69 Å². The Morgan fingerprint density at radius 3 is 2.35 bits per heavy atom. The zero-order chi connectivity index (χ0) is 16.7. The SMILES string of the molecule is CC(=O)N1CCN(C(=O)c2c(C)nc3c(Cl)cc(Cl)cn23)CC1. The number of hydrogen-bond donors (Lipinski definition) is 0. The number of hydrogen-bond acceptors (Lipinski definition) is 3. The van der Waals surface area contributed by atoms with Crippen molar-refractivity contribution >= 4 is 40.7 Å². The van der Waals surface area contributed by atoms with Crippen LogP contribution in [0.4, 0.5) is 0 Å². The summed E-state index contributed by atoms with van der Waals surface area (Å²) >= 11 is 12.2. The number of halogens is 2.